The minimum atomic E-state index is 0.737. The standard InChI is InChI=1S/C13H19N5/c1-5-10-9(3)12(14-4)17-13(16-10)11-7-15-8-18(11)6-2/h7-8H,5-6H2,1-4H3,(H,14,16,17). The van der Waals surface area contributed by atoms with Crippen LogP contribution < -0.4 is 5.32 Å². The van der Waals surface area contributed by atoms with Crippen molar-refractivity contribution >= 4 is 5.82 Å². The minimum absolute atomic E-state index is 0.737. The molecule has 0 fully saturated rings. The third kappa shape index (κ3) is 2.08. The topological polar surface area (TPSA) is 55.6 Å². The van der Waals surface area contributed by atoms with Gasteiger partial charge in [-0.25, -0.2) is 15.0 Å². The Morgan fingerprint density at radius 3 is 2.67 bits per heavy atom. The molecule has 1 N–H and O–H groups in total. The second-order valence-electron chi connectivity index (χ2n) is 4.14. The average molecular weight is 245 g/mol. The maximum Gasteiger partial charge on any atom is 0.180 e. The fraction of sp³-hybridized carbons (Fsp3) is 0.462. The van der Waals surface area contributed by atoms with Gasteiger partial charge in [0.1, 0.15) is 11.5 Å². The molecule has 2 aromatic heterocycles. The summed E-state index contributed by atoms with van der Waals surface area (Å²) in [5.41, 5.74) is 3.16. The van der Waals surface area contributed by atoms with Gasteiger partial charge in [-0.3, -0.25) is 0 Å². The zero-order chi connectivity index (χ0) is 13.1. The molecule has 0 aromatic carbocycles. The van der Waals surface area contributed by atoms with Crippen molar-refractivity contribution in [3.63, 3.8) is 0 Å². The van der Waals surface area contributed by atoms with Gasteiger partial charge in [0, 0.05) is 24.8 Å². The number of hydrogen-bond donors (Lipinski definition) is 1. The molecule has 0 spiro atoms. The van der Waals surface area contributed by atoms with Crippen LogP contribution in [0.1, 0.15) is 25.1 Å². The summed E-state index contributed by atoms with van der Waals surface area (Å²) in [6.07, 6.45) is 4.52. The molecule has 0 aliphatic carbocycles. The van der Waals surface area contributed by atoms with Crippen molar-refractivity contribution in [2.75, 3.05) is 12.4 Å². The molecule has 96 valence electrons. The first-order valence-corrected chi connectivity index (χ1v) is 6.27. The van der Waals surface area contributed by atoms with Crippen molar-refractivity contribution in [1.82, 2.24) is 19.5 Å². The molecule has 0 saturated carbocycles. The number of rotatable bonds is 4. The Labute approximate surface area is 107 Å². The summed E-state index contributed by atoms with van der Waals surface area (Å²) in [5.74, 6) is 1.63. The van der Waals surface area contributed by atoms with Crippen molar-refractivity contribution < 1.29 is 0 Å². The molecule has 5 nitrogen and oxygen atoms in total. The van der Waals surface area contributed by atoms with Gasteiger partial charge in [-0.1, -0.05) is 6.92 Å². The molecule has 0 unspecified atom stereocenters. The molecule has 0 amide bonds. The Morgan fingerprint density at radius 1 is 1.28 bits per heavy atom. The lowest BCUT2D eigenvalue weighted by molar-refractivity contribution is 0.762. The predicted molar refractivity (Wildman–Crippen MR) is 72.6 cm³/mol. The number of hydrogen-bond acceptors (Lipinski definition) is 4. The number of imidazole rings is 1. The normalized spacial score (nSPS) is 10.7. The summed E-state index contributed by atoms with van der Waals surface area (Å²) in [6, 6.07) is 0. The third-order valence-corrected chi connectivity index (χ3v) is 3.10. The van der Waals surface area contributed by atoms with Gasteiger partial charge >= 0.3 is 0 Å². The molecule has 0 bridgehead atoms. The van der Waals surface area contributed by atoms with Gasteiger partial charge in [0.25, 0.3) is 0 Å². The monoisotopic (exact) mass is 245 g/mol. The molecule has 0 atom stereocenters. The molecular weight excluding hydrogens is 226 g/mol. The van der Waals surface area contributed by atoms with E-state index in [2.05, 4.69) is 34.1 Å². The Hall–Kier alpha value is -1.91. The van der Waals surface area contributed by atoms with E-state index in [-0.39, 0.29) is 0 Å². The van der Waals surface area contributed by atoms with E-state index >= 15 is 0 Å². The van der Waals surface area contributed by atoms with Crippen molar-refractivity contribution in [3.05, 3.63) is 23.8 Å². The number of nitrogens with zero attached hydrogens (tertiary/aromatic N) is 4. The predicted octanol–water partition coefficient (Wildman–Crippen LogP) is 2.27. The smallest absolute Gasteiger partial charge is 0.180 e. The van der Waals surface area contributed by atoms with Crippen LogP contribution in [0.15, 0.2) is 12.5 Å². The zero-order valence-electron chi connectivity index (χ0n) is 11.4. The van der Waals surface area contributed by atoms with Gasteiger partial charge in [0.05, 0.1) is 12.5 Å². The zero-order valence-corrected chi connectivity index (χ0v) is 11.4. The van der Waals surface area contributed by atoms with Crippen molar-refractivity contribution in [2.45, 2.75) is 33.7 Å². The highest BCUT2D eigenvalue weighted by molar-refractivity contribution is 5.56. The van der Waals surface area contributed by atoms with Gasteiger partial charge in [-0.05, 0) is 20.3 Å². The summed E-state index contributed by atoms with van der Waals surface area (Å²) in [7, 11) is 1.88. The van der Waals surface area contributed by atoms with E-state index in [0.29, 0.717) is 0 Å². The maximum atomic E-state index is 4.64. The molecule has 5 heteroatoms. The van der Waals surface area contributed by atoms with Crippen molar-refractivity contribution in [2.24, 2.45) is 0 Å². The summed E-state index contributed by atoms with van der Waals surface area (Å²) in [5, 5.41) is 3.13. The molecular formula is C13H19N5. The first kappa shape index (κ1) is 12.5. The van der Waals surface area contributed by atoms with Crippen LogP contribution in [0.4, 0.5) is 5.82 Å². The quantitative estimate of drug-likeness (QED) is 0.897. The van der Waals surface area contributed by atoms with Crippen molar-refractivity contribution in [3.8, 4) is 11.5 Å². The lowest BCUT2D eigenvalue weighted by Gasteiger charge is -2.11. The largest absolute Gasteiger partial charge is 0.373 e. The Balaban J connectivity index is 2.58. The molecule has 18 heavy (non-hydrogen) atoms. The van der Waals surface area contributed by atoms with Crippen LogP contribution in [0.5, 0.6) is 0 Å². The number of nitrogens with one attached hydrogen (secondary N) is 1. The van der Waals surface area contributed by atoms with Crippen LogP contribution >= 0.6 is 0 Å². The van der Waals surface area contributed by atoms with Crippen LogP contribution in [0.3, 0.4) is 0 Å². The lowest BCUT2D eigenvalue weighted by atomic mass is 10.2. The average Bonchev–Trinajstić information content (AvgIpc) is 2.87. The SMILES string of the molecule is CCc1nc(-c2cncn2CC)nc(NC)c1C. The van der Waals surface area contributed by atoms with Crippen LogP contribution in [0.25, 0.3) is 11.5 Å². The Bertz CT molecular complexity index is 519. The molecule has 0 radical (unpaired) electrons. The summed E-state index contributed by atoms with van der Waals surface area (Å²) >= 11 is 0. The van der Waals surface area contributed by atoms with Crippen LogP contribution in [0.2, 0.25) is 0 Å². The van der Waals surface area contributed by atoms with E-state index in [0.717, 1.165) is 41.6 Å². The molecule has 0 aliphatic heterocycles. The molecule has 2 heterocycles. The van der Waals surface area contributed by atoms with E-state index in [1.54, 1.807) is 0 Å². The van der Waals surface area contributed by atoms with Gasteiger partial charge in [-0.2, -0.15) is 0 Å². The Kier molecular flexibility index (Phi) is 3.60. The van der Waals surface area contributed by atoms with Crippen LogP contribution in [-0.4, -0.2) is 26.6 Å². The minimum Gasteiger partial charge on any atom is -0.373 e. The first-order chi connectivity index (χ1) is 8.71. The fourth-order valence-corrected chi connectivity index (χ4v) is 2.02. The van der Waals surface area contributed by atoms with Crippen LogP contribution in [0, 0.1) is 6.92 Å². The number of anilines is 1. The lowest BCUT2D eigenvalue weighted by Crippen LogP contribution is -2.06. The highest BCUT2D eigenvalue weighted by Gasteiger charge is 2.12. The van der Waals surface area contributed by atoms with E-state index < -0.39 is 0 Å². The molecule has 0 aliphatic rings. The van der Waals surface area contributed by atoms with Crippen LogP contribution in [-0.2, 0) is 13.0 Å². The highest BCUT2D eigenvalue weighted by Crippen LogP contribution is 2.21. The number of aryl methyl sites for hydroxylation is 2. The van der Waals surface area contributed by atoms with E-state index in [4.69, 9.17) is 0 Å². The van der Waals surface area contributed by atoms with Gasteiger partial charge in [0.15, 0.2) is 5.82 Å². The van der Waals surface area contributed by atoms with Crippen molar-refractivity contribution in [1.29, 1.82) is 0 Å². The first-order valence-electron chi connectivity index (χ1n) is 6.27. The van der Waals surface area contributed by atoms with E-state index in [1.165, 1.54) is 0 Å². The van der Waals surface area contributed by atoms with E-state index in [9.17, 15) is 0 Å². The summed E-state index contributed by atoms with van der Waals surface area (Å²) in [4.78, 5) is 13.4. The second kappa shape index (κ2) is 5.16. The molecule has 0 saturated heterocycles. The molecule has 2 rings (SSSR count). The second-order valence-corrected chi connectivity index (χ2v) is 4.14. The highest BCUT2D eigenvalue weighted by atomic mass is 15.1. The maximum absolute atomic E-state index is 4.64. The summed E-state index contributed by atoms with van der Waals surface area (Å²) in [6.45, 7) is 7.10. The third-order valence-electron chi connectivity index (χ3n) is 3.10. The van der Waals surface area contributed by atoms with Gasteiger partial charge in [-0.15, -0.1) is 0 Å². The Morgan fingerprint density at radius 2 is 2.06 bits per heavy atom. The number of aromatic nitrogens is 4. The molecule has 2 aromatic rings. The van der Waals surface area contributed by atoms with Gasteiger partial charge < -0.3 is 9.88 Å². The van der Waals surface area contributed by atoms with E-state index in [1.807, 2.05) is 31.1 Å². The van der Waals surface area contributed by atoms with Gasteiger partial charge in [0.2, 0.25) is 0 Å². The fourth-order valence-electron chi connectivity index (χ4n) is 2.02. The summed E-state index contributed by atoms with van der Waals surface area (Å²) < 4.78 is 2.05.